The fraction of sp³-hybridized carbons (Fsp3) is 0.370. The van der Waals surface area contributed by atoms with E-state index in [4.69, 9.17) is 9.97 Å². The van der Waals surface area contributed by atoms with Crippen molar-refractivity contribution in [2.24, 2.45) is 0 Å². The quantitative estimate of drug-likeness (QED) is 0.510. The van der Waals surface area contributed by atoms with Crippen LogP contribution in [0.5, 0.6) is 0 Å². The maximum absolute atomic E-state index is 13.4. The molecule has 3 heterocycles. The van der Waals surface area contributed by atoms with E-state index in [1.807, 2.05) is 25.1 Å². The summed E-state index contributed by atoms with van der Waals surface area (Å²) in [5, 5.41) is 9.43. The normalized spacial score (nSPS) is 16.3. The summed E-state index contributed by atoms with van der Waals surface area (Å²) in [5.41, 5.74) is 4.33. The number of aromatic nitrogens is 2. The van der Waals surface area contributed by atoms with Gasteiger partial charge >= 0.3 is 0 Å². The first kappa shape index (κ1) is 25.0. The lowest BCUT2D eigenvalue weighted by Gasteiger charge is -2.37. The second-order valence-electron chi connectivity index (χ2n) is 9.67. The van der Waals surface area contributed by atoms with E-state index in [1.54, 1.807) is 12.1 Å². The third-order valence-corrected chi connectivity index (χ3v) is 8.91. The molecule has 1 saturated heterocycles. The molecule has 5 rings (SSSR count). The van der Waals surface area contributed by atoms with Crippen molar-refractivity contribution in [3.8, 4) is 6.07 Å². The van der Waals surface area contributed by atoms with Crippen LogP contribution in [-0.4, -0.2) is 69.5 Å². The lowest BCUT2D eigenvalue weighted by atomic mass is 10.1. The molecule has 1 aromatic heterocycles. The Morgan fingerprint density at radius 2 is 1.59 bits per heavy atom. The molecule has 9 nitrogen and oxygen atoms in total. The summed E-state index contributed by atoms with van der Waals surface area (Å²) in [6.45, 7) is 5.95. The Kier molecular flexibility index (Phi) is 6.75. The summed E-state index contributed by atoms with van der Waals surface area (Å²) in [6, 6.07) is 16.9. The van der Waals surface area contributed by atoms with Crippen molar-refractivity contribution in [2.45, 2.75) is 24.8 Å². The van der Waals surface area contributed by atoms with Crippen LogP contribution < -0.4 is 14.7 Å². The maximum atomic E-state index is 13.4. The fourth-order valence-corrected chi connectivity index (χ4v) is 6.47. The molecule has 0 unspecified atom stereocenters. The standard InChI is InChI=1S/C27H31N7O2S/c1-20-8-10-22(11-9-20)32-14-16-33(17-15-32)27-29-24-12-13-34(19-23(24)26(30-27)31(2)3)37(35,36)25-7-5-4-6-21(25)18-28/h4-11H,12-17,19H2,1-3H3. The van der Waals surface area contributed by atoms with Gasteiger partial charge in [0, 0.05) is 71.0 Å². The van der Waals surface area contributed by atoms with E-state index in [0.29, 0.717) is 18.9 Å². The summed E-state index contributed by atoms with van der Waals surface area (Å²) in [4.78, 5) is 16.3. The van der Waals surface area contributed by atoms with Crippen LogP contribution >= 0.6 is 0 Å². The highest BCUT2D eigenvalue weighted by Gasteiger charge is 2.33. The number of fused-ring (bicyclic) bond motifs is 1. The van der Waals surface area contributed by atoms with Crippen molar-refractivity contribution in [1.82, 2.24) is 14.3 Å². The second-order valence-corrected chi connectivity index (χ2v) is 11.6. The highest BCUT2D eigenvalue weighted by Crippen LogP contribution is 2.32. The Morgan fingerprint density at radius 3 is 2.27 bits per heavy atom. The van der Waals surface area contributed by atoms with Crippen LogP contribution in [0, 0.1) is 18.3 Å². The highest BCUT2D eigenvalue weighted by molar-refractivity contribution is 7.89. The van der Waals surface area contributed by atoms with Gasteiger partial charge in [0.1, 0.15) is 11.9 Å². The first-order chi connectivity index (χ1) is 17.8. The summed E-state index contributed by atoms with van der Waals surface area (Å²) in [5.74, 6) is 1.42. The number of hydrogen-bond acceptors (Lipinski definition) is 8. The zero-order valence-corrected chi connectivity index (χ0v) is 22.2. The number of rotatable bonds is 5. The van der Waals surface area contributed by atoms with E-state index >= 15 is 0 Å². The number of piperazine rings is 1. The predicted molar refractivity (Wildman–Crippen MR) is 144 cm³/mol. The largest absolute Gasteiger partial charge is 0.368 e. The van der Waals surface area contributed by atoms with Gasteiger partial charge in [0.15, 0.2) is 0 Å². The molecule has 192 valence electrons. The minimum Gasteiger partial charge on any atom is -0.368 e. The SMILES string of the molecule is Cc1ccc(N2CCN(c3nc4c(c(N(C)C)n3)CN(S(=O)(=O)c3ccccc3C#N)CC4)CC2)cc1. The lowest BCUT2D eigenvalue weighted by Crippen LogP contribution is -2.47. The van der Waals surface area contributed by atoms with Crippen molar-refractivity contribution in [2.75, 3.05) is 61.5 Å². The first-order valence-corrected chi connectivity index (χ1v) is 13.8. The van der Waals surface area contributed by atoms with Crippen molar-refractivity contribution >= 4 is 27.5 Å². The first-order valence-electron chi connectivity index (χ1n) is 12.4. The number of nitriles is 1. The zero-order valence-electron chi connectivity index (χ0n) is 21.4. The molecule has 0 spiro atoms. The number of aryl methyl sites for hydroxylation is 1. The van der Waals surface area contributed by atoms with E-state index in [2.05, 4.69) is 41.0 Å². The Labute approximate surface area is 218 Å². The van der Waals surface area contributed by atoms with Gasteiger partial charge in [-0.3, -0.25) is 0 Å². The lowest BCUT2D eigenvalue weighted by molar-refractivity contribution is 0.387. The molecule has 0 saturated carbocycles. The molecule has 3 aromatic rings. The number of benzene rings is 2. The summed E-state index contributed by atoms with van der Waals surface area (Å²) in [6.07, 6.45) is 0.489. The van der Waals surface area contributed by atoms with Crippen molar-refractivity contribution in [3.05, 3.63) is 70.9 Å². The van der Waals surface area contributed by atoms with Crippen LogP contribution in [0.1, 0.15) is 22.4 Å². The monoisotopic (exact) mass is 517 g/mol. The topological polar surface area (TPSA) is 96.7 Å². The number of nitrogens with zero attached hydrogens (tertiary/aromatic N) is 7. The van der Waals surface area contributed by atoms with Gasteiger partial charge in [0.2, 0.25) is 16.0 Å². The van der Waals surface area contributed by atoms with E-state index in [-0.39, 0.29) is 17.0 Å². The number of sulfonamides is 1. The summed E-state index contributed by atoms with van der Waals surface area (Å²) < 4.78 is 28.3. The third kappa shape index (κ3) is 4.84. The average molecular weight is 518 g/mol. The zero-order chi connectivity index (χ0) is 26.2. The molecule has 37 heavy (non-hydrogen) atoms. The molecule has 0 bridgehead atoms. The Hall–Kier alpha value is -3.68. The van der Waals surface area contributed by atoms with Crippen molar-refractivity contribution in [1.29, 1.82) is 5.26 Å². The van der Waals surface area contributed by atoms with Gasteiger partial charge in [-0.1, -0.05) is 29.8 Å². The van der Waals surface area contributed by atoms with Crippen LogP contribution in [0.3, 0.4) is 0 Å². The van der Waals surface area contributed by atoms with Gasteiger partial charge < -0.3 is 14.7 Å². The van der Waals surface area contributed by atoms with Crippen LogP contribution in [-0.2, 0) is 23.0 Å². The molecule has 2 aliphatic heterocycles. The van der Waals surface area contributed by atoms with E-state index in [1.165, 1.54) is 27.7 Å². The highest BCUT2D eigenvalue weighted by atomic mass is 32.2. The molecule has 0 amide bonds. The van der Waals surface area contributed by atoms with Gasteiger partial charge in [-0.15, -0.1) is 0 Å². The van der Waals surface area contributed by atoms with Crippen molar-refractivity contribution in [3.63, 3.8) is 0 Å². The Morgan fingerprint density at radius 1 is 0.919 bits per heavy atom. The maximum Gasteiger partial charge on any atom is 0.244 e. The number of anilines is 3. The Bertz CT molecular complexity index is 1440. The number of hydrogen-bond donors (Lipinski definition) is 0. The van der Waals surface area contributed by atoms with Crippen LogP contribution in [0.4, 0.5) is 17.5 Å². The van der Waals surface area contributed by atoms with E-state index in [0.717, 1.165) is 43.3 Å². The molecule has 0 radical (unpaired) electrons. The molecule has 2 aromatic carbocycles. The minimum atomic E-state index is -3.83. The fourth-order valence-electron chi connectivity index (χ4n) is 4.92. The van der Waals surface area contributed by atoms with Crippen LogP contribution in [0.15, 0.2) is 53.4 Å². The molecule has 2 aliphatic rings. The smallest absolute Gasteiger partial charge is 0.244 e. The van der Waals surface area contributed by atoms with Crippen LogP contribution in [0.25, 0.3) is 0 Å². The van der Waals surface area contributed by atoms with Gasteiger partial charge in [0.05, 0.1) is 16.2 Å². The van der Waals surface area contributed by atoms with Gasteiger partial charge in [-0.05, 0) is 31.2 Å². The van der Waals surface area contributed by atoms with Crippen LogP contribution in [0.2, 0.25) is 0 Å². The van der Waals surface area contributed by atoms with Crippen molar-refractivity contribution < 1.29 is 8.42 Å². The molecular weight excluding hydrogens is 486 g/mol. The molecule has 1 fully saturated rings. The van der Waals surface area contributed by atoms with E-state index in [9.17, 15) is 13.7 Å². The third-order valence-electron chi connectivity index (χ3n) is 7.00. The molecular formula is C27H31N7O2S. The van der Waals surface area contributed by atoms with Gasteiger partial charge in [0.25, 0.3) is 0 Å². The van der Waals surface area contributed by atoms with E-state index < -0.39 is 10.0 Å². The summed E-state index contributed by atoms with van der Waals surface area (Å²) >= 11 is 0. The molecule has 0 N–H and O–H groups in total. The molecule has 0 atom stereocenters. The summed E-state index contributed by atoms with van der Waals surface area (Å²) in [7, 11) is -0.00137. The molecule has 0 aliphatic carbocycles. The minimum absolute atomic E-state index is 0.0383. The average Bonchev–Trinajstić information content (AvgIpc) is 2.92. The molecule has 10 heteroatoms. The predicted octanol–water partition coefficient (Wildman–Crippen LogP) is 2.80. The van der Waals surface area contributed by atoms with Gasteiger partial charge in [-0.2, -0.15) is 14.6 Å². The van der Waals surface area contributed by atoms with Gasteiger partial charge in [-0.25, -0.2) is 13.4 Å². The Balaban J connectivity index is 1.38. The second kappa shape index (κ2) is 10.00.